The van der Waals surface area contributed by atoms with Gasteiger partial charge in [0.1, 0.15) is 18.8 Å². The average Bonchev–Trinajstić information content (AvgIpc) is 2.18. The van der Waals surface area contributed by atoms with Crippen LogP contribution in [-0.2, 0) is 9.53 Å². The molecule has 1 rings (SSSR count). The maximum absolute atomic E-state index is 10.1. The molecule has 2 N–H and O–H groups in total. The van der Waals surface area contributed by atoms with E-state index in [9.17, 15) is 4.79 Å². The highest BCUT2D eigenvalue weighted by Crippen LogP contribution is 1.96. The third kappa shape index (κ3) is 4.36. The van der Waals surface area contributed by atoms with E-state index in [1.807, 2.05) is 0 Å². The van der Waals surface area contributed by atoms with E-state index in [0.717, 1.165) is 0 Å². The Kier molecular flexibility index (Phi) is 4.36. The molecule has 14 heavy (non-hydrogen) atoms. The predicted octanol–water partition coefficient (Wildman–Crippen LogP) is -0.0103. The summed E-state index contributed by atoms with van der Waals surface area (Å²) >= 11 is 0. The molecule has 0 aromatic carbocycles. The van der Waals surface area contributed by atoms with Crippen LogP contribution in [0.15, 0.2) is 18.6 Å². The summed E-state index contributed by atoms with van der Waals surface area (Å²) in [7, 11) is 0. The number of hydrogen-bond donors (Lipinski definition) is 2. The number of carbonyl (C=O) groups is 1. The fourth-order valence-electron chi connectivity index (χ4n) is 0.806. The summed E-state index contributed by atoms with van der Waals surface area (Å²) in [6.45, 7) is 0.575. The second-order valence-corrected chi connectivity index (χ2v) is 2.47. The van der Waals surface area contributed by atoms with Gasteiger partial charge in [0.25, 0.3) is 0 Å². The van der Waals surface area contributed by atoms with Crippen LogP contribution in [0.4, 0.5) is 5.82 Å². The standard InChI is InChI=1S/C8H11N3O3/c12-8(13)5-14-4-3-10-7-1-2-9-6-11-7/h1-2,6H,3-5H2,(H,12,13)(H,9,10,11). The quantitative estimate of drug-likeness (QED) is 0.624. The molecule has 0 saturated heterocycles. The third-order valence-electron chi connectivity index (χ3n) is 1.36. The summed E-state index contributed by atoms with van der Waals surface area (Å²) in [4.78, 5) is 17.7. The first kappa shape index (κ1) is 10.4. The number of rotatable bonds is 6. The molecule has 6 nitrogen and oxygen atoms in total. The Bertz CT molecular complexity index is 278. The highest BCUT2D eigenvalue weighted by molar-refractivity contribution is 5.67. The molecule has 6 heteroatoms. The fourth-order valence-corrected chi connectivity index (χ4v) is 0.806. The highest BCUT2D eigenvalue weighted by Gasteiger charge is 1.95. The minimum Gasteiger partial charge on any atom is -0.480 e. The maximum Gasteiger partial charge on any atom is 0.329 e. The molecule has 0 unspecified atom stereocenters. The molecule has 0 amide bonds. The molecule has 0 saturated carbocycles. The van der Waals surface area contributed by atoms with Gasteiger partial charge in [-0.25, -0.2) is 14.8 Å². The summed E-state index contributed by atoms with van der Waals surface area (Å²) in [5, 5.41) is 11.2. The lowest BCUT2D eigenvalue weighted by atomic mass is 10.5. The van der Waals surface area contributed by atoms with Crippen molar-refractivity contribution < 1.29 is 14.6 Å². The monoisotopic (exact) mass is 197 g/mol. The lowest BCUT2D eigenvalue weighted by Gasteiger charge is -2.04. The minimum atomic E-state index is -0.966. The van der Waals surface area contributed by atoms with E-state index in [0.29, 0.717) is 19.0 Å². The van der Waals surface area contributed by atoms with Crippen molar-refractivity contribution >= 4 is 11.8 Å². The summed E-state index contributed by atoms with van der Waals surface area (Å²) in [5.74, 6) is -0.272. The Morgan fingerprint density at radius 1 is 1.64 bits per heavy atom. The number of carboxylic acids is 1. The van der Waals surface area contributed by atoms with E-state index in [-0.39, 0.29) is 6.61 Å². The molecule has 76 valence electrons. The number of hydrogen-bond acceptors (Lipinski definition) is 5. The van der Waals surface area contributed by atoms with Crippen molar-refractivity contribution in [1.82, 2.24) is 9.97 Å². The highest BCUT2D eigenvalue weighted by atomic mass is 16.5. The van der Waals surface area contributed by atoms with Crippen LogP contribution in [0.5, 0.6) is 0 Å². The summed E-state index contributed by atoms with van der Waals surface area (Å²) < 4.78 is 4.81. The number of ether oxygens (including phenoxy) is 1. The second kappa shape index (κ2) is 5.87. The average molecular weight is 197 g/mol. The van der Waals surface area contributed by atoms with Gasteiger partial charge in [-0.1, -0.05) is 0 Å². The largest absolute Gasteiger partial charge is 0.480 e. The van der Waals surface area contributed by atoms with Crippen LogP contribution < -0.4 is 5.32 Å². The minimum absolute atomic E-state index is 0.272. The van der Waals surface area contributed by atoms with Gasteiger partial charge in [-0.05, 0) is 6.07 Å². The van der Waals surface area contributed by atoms with Crippen LogP contribution in [0.3, 0.4) is 0 Å². The topological polar surface area (TPSA) is 84.3 Å². The van der Waals surface area contributed by atoms with Gasteiger partial charge < -0.3 is 15.2 Å². The van der Waals surface area contributed by atoms with Crippen LogP contribution >= 0.6 is 0 Å². The van der Waals surface area contributed by atoms with Crippen molar-refractivity contribution in [2.75, 3.05) is 25.1 Å². The number of aliphatic carboxylic acids is 1. The van der Waals surface area contributed by atoms with Crippen molar-refractivity contribution in [2.45, 2.75) is 0 Å². The van der Waals surface area contributed by atoms with Gasteiger partial charge in [-0.15, -0.1) is 0 Å². The van der Waals surface area contributed by atoms with E-state index in [2.05, 4.69) is 15.3 Å². The lowest BCUT2D eigenvalue weighted by Crippen LogP contribution is -2.14. The van der Waals surface area contributed by atoms with Crippen LogP contribution in [0.25, 0.3) is 0 Å². The van der Waals surface area contributed by atoms with E-state index in [1.165, 1.54) is 6.33 Å². The number of nitrogens with one attached hydrogen (secondary N) is 1. The first-order valence-electron chi connectivity index (χ1n) is 4.08. The smallest absolute Gasteiger partial charge is 0.329 e. The summed E-state index contributed by atoms with van der Waals surface area (Å²) in [6, 6.07) is 1.72. The van der Waals surface area contributed by atoms with E-state index < -0.39 is 5.97 Å². The van der Waals surface area contributed by atoms with E-state index in [1.54, 1.807) is 12.3 Å². The van der Waals surface area contributed by atoms with Gasteiger partial charge in [-0.2, -0.15) is 0 Å². The van der Waals surface area contributed by atoms with Crippen molar-refractivity contribution in [3.05, 3.63) is 18.6 Å². The molecule has 0 aliphatic rings. The Balaban J connectivity index is 2.08. The normalized spacial score (nSPS) is 9.71. The Labute approximate surface area is 80.9 Å². The van der Waals surface area contributed by atoms with Gasteiger partial charge in [0, 0.05) is 12.7 Å². The molecule has 1 aromatic rings. The first-order valence-corrected chi connectivity index (χ1v) is 4.08. The molecule has 1 heterocycles. The summed E-state index contributed by atoms with van der Waals surface area (Å²) in [6.07, 6.45) is 3.05. The van der Waals surface area contributed by atoms with Gasteiger partial charge in [0.2, 0.25) is 0 Å². The van der Waals surface area contributed by atoms with E-state index >= 15 is 0 Å². The van der Waals surface area contributed by atoms with Crippen molar-refractivity contribution in [2.24, 2.45) is 0 Å². The molecular weight excluding hydrogens is 186 g/mol. The van der Waals surface area contributed by atoms with Crippen LogP contribution in [-0.4, -0.2) is 40.8 Å². The van der Waals surface area contributed by atoms with Crippen molar-refractivity contribution in [1.29, 1.82) is 0 Å². The van der Waals surface area contributed by atoms with Crippen molar-refractivity contribution in [3.63, 3.8) is 0 Å². The van der Waals surface area contributed by atoms with Crippen LogP contribution in [0.2, 0.25) is 0 Å². The third-order valence-corrected chi connectivity index (χ3v) is 1.36. The molecule has 0 aliphatic carbocycles. The maximum atomic E-state index is 10.1. The SMILES string of the molecule is O=C(O)COCCNc1ccncn1. The van der Waals surface area contributed by atoms with Crippen molar-refractivity contribution in [3.8, 4) is 0 Å². The zero-order valence-electron chi connectivity index (χ0n) is 7.51. The zero-order valence-corrected chi connectivity index (χ0v) is 7.51. The fraction of sp³-hybridized carbons (Fsp3) is 0.375. The molecule has 0 radical (unpaired) electrons. The zero-order chi connectivity index (χ0) is 10.2. The van der Waals surface area contributed by atoms with Crippen LogP contribution in [0, 0.1) is 0 Å². The number of anilines is 1. The molecule has 0 bridgehead atoms. The molecule has 0 atom stereocenters. The molecule has 0 fully saturated rings. The second-order valence-electron chi connectivity index (χ2n) is 2.47. The van der Waals surface area contributed by atoms with Gasteiger partial charge in [-0.3, -0.25) is 0 Å². The number of aromatic nitrogens is 2. The summed E-state index contributed by atoms with van der Waals surface area (Å²) in [5.41, 5.74) is 0. The molecule has 0 aliphatic heterocycles. The van der Waals surface area contributed by atoms with Gasteiger partial charge in [0.15, 0.2) is 0 Å². The van der Waals surface area contributed by atoms with Gasteiger partial charge >= 0.3 is 5.97 Å². The van der Waals surface area contributed by atoms with Crippen LogP contribution in [0.1, 0.15) is 0 Å². The number of carboxylic acid groups (broad SMARTS) is 1. The molecule has 1 aromatic heterocycles. The molecular formula is C8H11N3O3. The Morgan fingerprint density at radius 3 is 3.14 bits per heavy atom. The van der Waals surface area contributed by atoms with E-state index in [4.69, 9.17) is 9.84 Å². The lowest BCUT2D eigenvalue weighted by molar-refractivity contribution is -0.142. The number of nitrogens with zero attached hydrogens (tertiary/aromatic N) is 2. The Hall–Kier alpha value is -1.69. The van der Waals surface area contributed by atoms with Gasteiger partial charge in [0.05, 0.1) is 6.61 Å². The molecule has 0 spiro atoms. The predicted molar refractivity (Wildman–Crippen MR) is 49.0 cm³/mol. The first-order chi connectivity index (χ1) is 6.79. The Morgan fingerprint density at radius 2 is 2.50 bits per heavy atom.